The van der Waals surface area contributed by atoms with E-state index >= 15 is 0 Å². The Morgan fingerprint density at radius 2 is 1.88 bits per heavy atom. The predicted octanol–water partition coefficient (Wildman–Crippen LogP) is 2.35. The molecule has 11 nitrogen and oxygen atoms in total. The summed E-state index contributed by atoms with van der Waals surface area (Å²) in [6.07, 6.45) is 11.2. The number of sulfonamides is 1. The molecule has 1 saturated heterocycles. The maximum atomic E-state index is 13.2. The number of hydrogen-bond acceptors (Lipinski definition) is 8. The molecule has 5 rings (SSSR count). The van der Waals surface area contributed by atoms with Gasteiger partial charge in [0.1, 0.15) is 10.6 Å². The number of aryl methyl sites for hydroxylation is 1. The fourth-order valence-electron chi connectivity index (χ4n) is 4.04. The van der Waals surface area contributed by atoms with Crippen LogP contribution < -0.4 is 14.4 Å². The van der Waals surface area contributed by atoms with Gasteiger partial charge in [-0.15, -0.1) is 0 Å². The van der Waals surface area contributed by atoms with E-state index in [1.807, 2.05) is 12.1 Å². The molecule has 0 aromatic carbocycles. The highest BCUT2D eigenvalue weighted by Crippen LogP contribution is 2.32. The molecule has 4 aromatic heterocycles. The largest absolute Gasteiger partial charge is 0.479 e. The number of piperidine rings is 1. The molecular formula is C21H24N8O3S. The van der Waals surface area contributed by atoms with Gasteiger partial charge in [0.25, 0.3) is 10.0 Å². The third-order valence-corrected chi connectivity index (χ3v) is 7.03. The average Bonchev–Trinajstić information content (AvgIpc) is 3.48. The summed E-state index contributed by atoms with van der Waals surface area (Å²) in [7, 11) is -0.830. The maximum Gasteiger partial charge on any atom is 0.265 e. The van der Waals surface area contributed by atoms with Crippen molar-refractivity contribution in [2.45, 2.75) is 24.2 Å². The summed E-state index contributed by atoms with van der Waals surface area (Å²) in [5, 5.41) is 9.11. The van der Waals surface area contributed by atoms with E-state index in [-0.39, 0.29) is 16.5 Å². The lowest BCUT2D eigenvalue weighted by atomic mass is 10.1. The standard InChI is InChI=1S/C21H24N8O3S/c1-27-20-15(12-24-27)11-23-21(32-2)19(20)26-33(30,31)17-13-25-29(14-17)18-10-16(6-7-22-18)28-8-4-3-5-9-28/h6-7,10-14,26H,3-5,8-9H2,1-2H3. The van der Waals surface area contributed by atoms with Crippen molar-refractivity contribution in [1.82, 2.24) is 29.5 Å². The van der Waals surface area contributed by atoms with E-state index in [0.29, 0.717) is 16.7 Å². The Kier molecular flexibility index (Phi) is 5.36. The third kappa shape index (κ3) is 3.97. The third-order valence-electron chi connectivity index (χ3n) is 5.72. The molecule has 0 bridgehead atoms. The number of fused-ring (bicyclic) bond motifs is 1. The van der Waals surface area contributed by atoms with Crippen LogP contribution in [0.5, 0.6) is 5.88 Å². The van der Waals surface area contributed by atoms with Gasteiger partial charge in [-0.3, -0.25) is 9.40 Å². The lowest BCUT2D eigenvalue weighted by molar-refractivity contribution is 0.400. The summed E-state index contributed by atoms with van der Waals surface area (Å²) >= 11 is 0. The van der Waals surface area contributed by atoms with Gasteiger partial charge >= 0.3 is 0 Å². The lowest BCUT2D eigenvalue weighted by Gasteiger charge is -2.28. The molecule has 5 heterocycles. The van der Waals surface area contributed by atoms with Gasteiger partial charge in [0.2, 0.25) is 5.88 Å². The molecule has 0 spiro atoms. The van der Waals surface area contributed by atoms with E-state index in [2.05, 4.69) is 29.8 Å². The van der Waals surface area contributed by atoms with Crippen molar-refractivity contribution >= 4 is 32.3 Å². The summed E-state index contributed by atoms with van der Waals surface area (Å²) in [5.41, 5.74) is 1.83. The number of pyridine rings is 2. The minimum Gasteiger partial charge on any atom is -0.479 e. The molecule has 0 unspecified atom stereocenters. The zero-order valence-corrected chi connectivity index (χ0v) is 19.2. The molecule has 0 atom stereocenters. The van der Waals surface area contributed by atoms with Crippen molar-refractivity contribution in [2.24, 2.45) is 7.05 Å². The van der Waals surface area contributed by atoms with Crippen molar-refractivity contribution in [3.8, 4) is 11.7 Å². The van der Waals surface area contributed by atoms with E-state index < -0.39 is 10.0 Å². The highest BCUT2D eigenvalue weighted by atomic mass is 32.2. The molecule has 0 aliphatic carbocycles. The molecule has 33 heavy (non-hydrogen) atoms. The molecule has 1 aliphatic heterocycles. The number of rotatable bonds is 6. The van der Waals surface area contributed by atoms with Gasteiger partial charge in [-0.1, -0.05) is 0 Å². The maximum absolute atomic E-state index is 13.2. The Bertz CT molecular complexity index is 1410. The first-order valence-corrected chi connectivity index (χ1v) is 12.1. The fourth-order valence-corrected chi connectivity index (χ4v) is 5.04. The van der Waals surface area contributed by atoms with Gasteiger partial charge in [-0.2, -0.15) is 10.2 Å². The second-order valence-corrected chi connectivity index (χ2v) is 9.54. The SMILES string of the molecule is COc1ncc2cnn(C)c2c1NS(=O)(=O)c1cnn(-c2cc(N3CCCCC3)ccn2)c1. The molecule has 0 saturated carbocycles. The van der Waals surface area contributed by atoms with E-state index in [0.717, 1.165) is 31.6 Å². The first kappa shape index (κ1) is 21.2. The van der Waals surface area contributed by atoms with Gasteiger partial charge in [-0.05, 0) is 25.3 Å². The Balaban J connectivity index is 1.46. The number of hydrogen-bond donors (Lipinski definition) is 1. The van der Waals surface area contributed by atoms with Crippen LogP contribution in [-0.4, -0.2) is 58.1 Å². The minimum atomic E-state index is -3.98. The van der Waals surface area contributed by atoms with Gasteiger partial charge in [-0.25, -0.2) is 23.1 Å². The zero-order valence-electron chi connectivity index (χ0n) is 18.3. The van der Waals surface area contributed by atoms with Gasteiger partial charge < -0.3 is 9.64 Å². The molecule has 172 valence electrons. The second-order valence-electron chi connectivity index (χ2n) is 7.86. The molecular weight excluding hydrogens is 444 g/mol. The van der Waals surface area contributed by atoms with Crippen molar-refractivity contribution in [3.63, 3.8) is 0 Å². The summed E-state index contributed by atoms with van der Waals surface area (Å²) in [6, 6.07) is 3.89. The Morgan fingerprint density at radius 1 is 1.06 bits per heavy atom. The van der Waals surface area contributed by atoms with Crippen molar-refractivity contribution in [2.75, 3.05) is 29.8 Å². The van der Waals surface area contributed by atoms with E-state index in [4.69, 9.17) is 4.74 Å². The van der Waals surface area contributed by atoms with Crippen LogP contribution in [0.15, 0.2) is 48.0 Å². The summed E-state index contributed by atoms with van der Waals surface area (Å²) in [4.78, 5) is 10.9. The quantitative estimate of drug-likeness (QED) is 0.458. The van der Waals surface area contributed by atoms with Crippen molar-refractivity contribution in [1.29, 1.82) is 0 Å². The number of ether oxygens (including phenoxy) is 1. The summed E-state index contributed by atoms with van der Waals surface area (Å²) in [5.74, 6) is 0.700. The van der Waals surface area contributed by atoms with E-state index in [1.165, 1.54) is 30.6 Å². The first-order chi connectivity index (χ1) is 16.0. The highest BCUT2D eigenvalue weighted by molar-refractivity contribution is 7.92. The van der Waals surface area contributed by atoms with E-state index in [9.17, 15) is 8.42 Å². The monoisotopic (exact) mass is 468 g/mol. The molecule has 1 N–H and O–H groups in total. The molecule has 1 aliphatic rings. The van der Waals surface area contributed by atoms with Crippen LogP contribution in [0.3, 0.4) is 0 Å². The average molecular weight is 469 g/mol. The molecule has 12 heteroatoms. The van der Waals surface area contributed by atoms with Crippen LogP contribution in [0, 0.1) is 0 Å². The number of aromatic nitrogens is 6. The number of nitrogens with one attached hydrogen (secondary N) is 1. The van der Waals surface area contributed by atoms with Crippen LogP contribution in [0.1, 0.15) is 19.3 Å². The smallest absolute Gasteiger partial charge is 0.265 e. The van der Waals surface area contributed by atoms with Crippen LogP contribution in [0.25, 0.3) is 16.7 Å². The fraction of sp³-hybridized carbons (Fsp3) is 0.333. The van der Waals surface area contributed by atoms with Crippen LogP contribution in [0.4, 0.5) is 11.4 Å². The zero-order chi connectivity index (χ0) is 23.0. The number of nitrogens with zero attached hydrogens (tertiary/aromatic N) is 7. The Hall–Kier alpha value is -3.67. The summed E-state index contributed by atoms with van der Waals surface area (Å²) in [6.45, 7) is 2.00. The Labute approximate surface area is 191 Å². The molecule has 0 amide bonds. The second kappa shape index (κ2) is 8.35. The Morgan fingerprint density at radius 3 is 2.67 bits per heavy atom. The number of anilines is 2. The topological polar surface area (TPSA) is 120 Å². The summed E-state index contributed by atoms with van der Waals surface area (Å²) < 4.78 is 37.3. The normalized spacial score (nSPS) is 14.5. The molecule has 0 radical (unpaired) electrons. The van der Waals surface area contributed by atoms with Crippen LogP contribution in [-0.2, 0) is 17.1 Å². The van der Waals surface area contributed by atoms with E-state index in [1.54, 1.807) is 30.3 Å². The van der Waals surface area contributed by atoms with Crippen LogP contribution >= 0.6 is 0 Å². The molecule has 4 aromatic rings. The first-order valence-electron chi connectivity index (χ1n) is 10.6. The highest BCUT2D eigenvalue weighted by Gasteiger charge is 2.23. The predicted molar refractivity (Wildman–Crippen MR) is 123 cm³/mol. The van der Waals surface area contributed by atoms with Gasteiger partial charge in [0.05, 0.1) is 31.2 Å². The van der Waals surface area contributed by atoms with Gasteiger partial charge in [0, 0.05) is 49.7 Å². The van der Waals surface area contributed by atoms with Gasteiger partial charge in [0.15, 0.2) is 5.82 Å². The van der Waals surface area contributed by atoms with Crippen molar-refractivity contribution in [3.05, 3.63) is 43.1 Å². The van der Waals surface area contributed by atoms with Crippen LogP contribution in [0.2, 0.25) is 0 Å². The molecule has 1 fully saturated rings. The van der Waals surface area contributed by atoms with Crippen molar-refractivity contribution < 1.29 is 13.2 Å². The lowest BCUT2D eigenvalue weighted by Crippen LogP contribution is -2.29. The minimum absolute atomic E-state index is 0.00565. The number of methoxy groups -OCH3 is 1.